The number of fused-ring (bicyclic) bond motifs is 2. The normalized spacial score (nSPS) is 29.5. The lowest BCUT2D eigenvalue weighted by Crippen LogP contribution is -2.62. The number of rotatable bonds is 3. The van der Waals surface area contributed by atoms with Gasteiger partial charge in [-0.25, -0.2) is 14.2 Å². The van der Waals surface area contributed by atoms with Gasteiger partial charge in [0.2, 0.25) is 5.43 Å². The summed E-state index contributed by atoms with van der Waals surface area (Å²) in [7, 11) is 0. The van der Waals surface area contributed by atoms with E-state index in [9.17, 15) is 19.1 Å². The average molecular weight is 386 g/mol. The lowest BCUT2D eigenvalue weighted by atomic mass is 9.55. The first-order chi connectivity index (χ1) is 13.3. The first-order valence-corrected chi connectivity index (χ1v) is 9.78. The third kappa shape index (κ3) is 2.47. The van der Waals surface area contributed by atoms with Crippen molar-refractivity contribution in [3.63, 3.8) is 0 Å². The van der Waals surface area contributed by atoms with Gasteiger partial charge in [-0.05, 0) is 43.1 Å². The molecule has 1 aliphatic heterocycles. The Morgan fingerprint density at radius 3 is 2.82 bits per heavy atom. The monoisotopic (exact) mass is 386 g/mol. The summed E-state index contributed by atoms with van der Waals surface area (Å²) < 4.78 is 16.7. The third-order valence-electron chi connectivity index (χ3n) is 6.89. The average Bonchev–Trinajstić information content (AvgIpc) is 3.46. The number of piperidine rings is 1. The quantitative estimate of drug-likeness (QED) is 0.838. The second-order valence-corrected chi connectivity index (χ2v) is 8.80. The number of nitrogens with zero attached hydrogens (tertiary/aromatic N) is 3. The molecule has 0 radical (unpaired) electrons. The molecule has 3 heterocycles. The van der Waals surface area contributed by atoms with Gasteiger partial charge in [-0.1, -0.05) is 6.92 Å². The van der Waals surface area contributed by atoms with Crippen molar-refractivity contribution in [1.29, 1.82) is 0 Å². The van der Waals surface area contributed by atoms with Gasteiger partial charge in [0.15, 0.2) is 11.6 Å². The summed E-state index contributed by atoms with van der Waals surface area (Å²) in [6, 6.07) is 1.38. The number of anilines is 1. The molecule has 8 heteroatoms. The van der Waals surface area contributed by atoms with Crippen molar-refractivity contribution >= 4 is 22.8 Å². The number of hydrogen-bond acceptors (Lipinski definition) is 5. The molecule has 148 valence electrons. The first-order valence-electron chi connectivity index (χ1n) is 9.78. The standard InChI is InChI=1S/C20H23FN4O3/c1-20-4-5-24(9-13(20)15(22)7-20)18-14(21)6-11-16(26)12(19(27)28)8-25(10-2-3-10)17(11)23-18/h6,8,10,13,15H,2-5,7,9,22H2,1H3,(H,27,28)/t13-,15-,20+/m1/s1. The van der Waals surface area contributed by atoms with Gasteiger partial charge in [-0.2, -0.15) is 0 Å². The molecule has 28 heavy (non-hydrogen) atoms. The van der Waals surface area contributed by atoms with Crippen LogP contribution in [0.3, 0.4) is 0 Å². The van der Waals surface area contributed by atoms with Gasteiger partial charge in [0.05, 0.1) is 5.39 Å². The largest absolute Gasteiger partial charge is 0.477 e. The highest BCUT2D eigenvalue weighted by Crippen LogP contribution is 2.51. The zero-order valence-corrected chi connectivity index (χ0v) is 15.7. The van der Waals surface area contributed by atoms with Gasteiger partial charge < -0.3 is 20.3 Å². The molecule has 0 spiro atoms. The summed E-state index contributed by atoms with van der Waals surface area (Å²) in [5.41, 5.74) is 5.73. The number of halogens is 1. The van der Waals surface area contributed by atoms with E-state index in [4.69, 9.17) is 5.73 Å². The van der Waals surface area contributed by atoms with Crippen molar-refractivity contribution in [3.8, 4) is 0 Å². The van der Waals surface area contributed by atoms with Gasteiger partial charge in [-0.15, -0.1) is 0 Å². The summed E-state index contributed by atoms with van der Waals surface area (Å²) in [6.07, 6.45) is 5.07. The van der Waals surface area contributed by atoms with E-state index >= 15 is 0 Å². The third-order valence-corrected chi connectivity index (χ3v) is 6.89. The van der Waals surface area contributed by atoms with E-state index in [1.54, 1.807) is 4.57 Å². The van der Waals surface area contributed by atoms with E-state index in [0.29, 0.717) is 24.7 Å². The topological polar surface area (TPSA) is 101 Å². The Balaban J connectivity index is 1.62. The molecule has 2 aromatic rings. The lowest BCUT2D eigenvalue weighted by molar-refractivity contribution is 0.00277. The SMILES string of the molecule is C[C@@]12CCN(c3nc4c(cc3F)c(=O)c(C(=O)O)cn4C3CC3)C[C@@H]1[C@H](N)C2. The predicted octanol–water partition coefficient (Wildman–Crippen LogP) is 2.13. The number of carbonyl (C=O) groups is 1. The van der Waals surface area contributed by atoms with Gasteiger partial charge in [0, 0.05) is 31.4 Å². The second kappa shape index (κ2) is 5.76. The molecule has 3 aliphatic rings. The molecular weight excluding hydrogens is 363 g/mol. The molecule has 0 aromatic carbocycles. The zero-order valence-electron chi connectivity index (χ0n) is 15.7. The Morgan fingerprint density at radius 2 is 2.18 bits per heavy atom. The molecule has 2 aliphatic carbocycles. The number of carboxylic acid groups (broad SMARTS) is 1. The number of aromatic nitrogens is 2. The van der Waals surface area contributed by atoms with Crippen molar-refractivity contribution in [2.45, 2.75) is 44.7 Å². The van der Waals surface area contributed by atoms with Crippen LogP contribution < -0.4 is 16.1 Å². The molecule has 5 rings (SSSR count). The fourth-order valence-electron chi connectivity index (χ4n) is 4.99. The van der Waals surface area contributed by atoms with Gasteiger partial charge >= 0.3 is 5.97 Å². The molecular formula is C20H23FN4O3. The zero-order chi connectivity index (χ0) is 19.8. The van der Waals surface area contributed by atoms with Crippen LogP contribution in [0.15, 0.2) is 17.1 Å². The van der Waals surface area contributed by atoms with E-state index < -0.39 is 17.2 Å². The van der Waals surface area contributed by atoms with E-state index in [2.05, 4.69) is 11.9 Å². The highest BCUT2D eigenvalue weighted by Gasteiger charge is 2.51. The van der Waals surface area contributed by atoms with E-state index in [0.717, 1.165) is 31.7 Å². The van der Waals surface area contributed by atoms with Crippen molar-refractivity contribution < 1.29 is 14.3 Å². The highest BCUT2D eigenvalue weighted by atomic mass is 19.1. The van der Waals surface area contributed by atoms with Crippen LogP contribution in [0.1, 0.15) is 49.0 Å². The fourth-order valence-corrected chi connectivity index (χ4v) is 4.99. The molecule has 0 amide bonds. The number of aromatic carboxylic acids is 1. The van der Waals surface area contributed by atoms with Crippen molar-refractivity contribution in [2.24, 2.45) is 17.1 Å². The molecule has 2 saturated carbocycles. The minimum absolute atomic E-state index is 0.0234. The van der Waals surface area contributed by atoms with Crippen LogP contribution in [0.4, 0.5) is 10.2 Å². The van der Waals surface area contributed by atoms with Crippen LogP contribution >= 0.6 is 0 Å². The van der Waals surface area contributed by atoms with E-state index in [1.165, 1.54) is 6.20 Å². The minimum Gasteiger partial charge on any atom is -0.477 e. The van der Waals surface area contributed by atoms with Gasteiger partial charge in [0.25, 0.3) is 0 Å². The van der Waals surface area contributed by atoms with Gasteiger partial charge in [0.1, 0.15) is 11.2 Å². The summed E-state index contributed by atoms with van der Waals surface area (Å²) in [5.74, 6) is -1.37. The Labute approximate surface area is 161 Å². The van der Waals surface area contributed by atoms with Crippen molar-refractivity contribution in [1.82, 2.24) is 9.55 Å². The molecule has 0 bridgehead atoms. The number of nitrogens with two attached hydrogens (primary N) is 1. The van der Waals surface area contributed by atoms with Crippen LogP contribution in [-0.4, -0.2) is 39.8 Å². The summed E-state index contributed by atoms with van der Waals surface area (Å²) in [5, 5.41) is 9.36. The van der Waals surface area contributed by atoms with Crippen LogP contribution in [0.25, 0.3) is 11.0 Å². The summed E-state index contributed by atoms with van der Waals surface area (Å²) in [4.78, 5) is 30.5. The molecule has 3 fully saturated rings. The lowest BCUT2D eigenvalue weighted by Gasteiger charge is -2.57. The first kappa shape index (κ1) is 17.6. The number of carboxylic acids is 1. The van der Waals surface area contributed by atoms with Crippen LogP contribution in [0.5, 0.6) is 0 Å². The molecule has 7 nitrogen and oxygen atoms in total. The molecule has 3 N–H and O–H groups in total. The molecule has 3 atom stereocenters. The molecule has 2 aromatic heterocycles. The highest BCUT2D eigenvalue weighted by molar-refractivity contribution is 5.92. The maximum atomic E-state index is 15.0. The fraction of sp³-hybridized carbons (Fsp3) is 0.550. The van der Waals surface area contributed by atoms with Crippen LogP contribution in [-0.2, 0) is 0 Å². The maximum absolute atomic E-state index is 15.0. The van der Waals surface area contributed by atoms with Crippen molar-refractivity contribution in [2.75, 3.05) is 18.0 Å². The Bertz CT molecular complexity index is 1060. The van der Waals surface area contributed by atoms with Crippen LogP contribution in [0.2, 0.25) is 0 Å². The Kier molecular flexibility index (Phi) is 3.62. The summed E-state index contributed by atoms with van der Waals surface area (Å²) in [6.45, 7) is 3.57. The van der Waals surface area contributed by atoms with Crippen LogP contribution in [0, 0.1) is 17.2 Å². The van der Waals surface area contributed by atoms with Crippen molar-refractivity contribution in [3.05, 3.63) is 33.9 Å². The molecule has 1 saturated heterocycles. The summed E-state index contributed by atoms with van der Waals surface area (Å²) >= 11 is 0. The number of pyridine rings is 2. The smallest absolute Gasteiger partial charge is 0.341 e. The van der Waals surface area contributed by atoms with E-state index in [-0.39, 0.29) is 34.3 Å². The Morgan fingerprint density at radius 1 is 1.43 bits per heavy atom. The van der Waals surface area contributed by atoms with E-state index in [1.807, 2.05) is 4.90 Å². The second-order valence-electron chi connectivity index (χ2n) is 8.80. The Hall–Kier alpha value is -2.48. The van der Waals surface area contributed by atoms with Gasteiger partial charge in [-0.3, -0.25) is 4.79 Å². The minimum atomic E-state index is -1.31. The maximum Gasteiger partial charge on any atom is 0.341 e. The predicted molar refractivity (Wildman–Crippen MR) is 102 cm³/mol. The number of hydrogen-bond donors (Lipinski definition) is 2. The molecule has 0 unspecified atom stereocenters.